The van der Waals surface area contributed by atoms with E-state index in [4.69, 9.17) is 48.7 Å². The van der Waals surface area contributed by atoms with E-state index in [-0.39, 0.29) is 5.91 Å². The molecule has 0 aliphatic carbocycles. The number of hydrogen-bond acceptors (Lipinski definition) is 14. The normalized spacial score (nSPS) is 12.9. The van der Waals surface area contributed by atoms with Gasteiger partial charge in [0, 0.05) is 43.0 Å². The Hall–Kier alpha value is -4.59. The van der Waals surface area contributed by atoms with Gasteiger partial charge in [0.25, 0.3) is 0 Å². The van der Waals surface area contributed by atoms with E-state index in [1.807, 2.05) is 27.9 Å². The minimum atomic E-state index is 0.0816. The summed E-state index contributed by atoms with van der Waals surface area (Å²) in [6, 6.07) is 10.4. The van der Waals surface area contributed by atoms with Crippen LogP contribution in [0.25, 0.3) is 33.3 Å². The first-order valence-electron chi connectivity index (χ1n) is 20.5. The number of anilines is 1. The van der Waals surface area contributed by atoms with Gasteiger partial charge >= 0.3 is 0 Å². The van der Waals surface area contributed by atoms with Crippen LogP contribution in [0.5, 0.6) is 0 Å². The maximum atomic E-state index is 13.0. The summed E-state index contributed by atoms with van der Waals surface area (Å²) in [6.07, 6.45) is 7.23. The largest absolute Gasteiger partial charge is 0.383 e. The van der Waals surface area contributed by atoms with Crippen molar-refractivity contribution in [1.29, 1.82) is 0 Å². The molecule has 0 fully saturated rings. The monoisotopic (exact) mass is 818 g/mol. The Morgan fingerprint density at radius 1 is 0.729 bits per heavy atom. The second-order valence-electron chi connectivity index (χ2n) is 13.9. The lowest BCUT2D eigenvalue weighted by Gasteiger charge is -2.29. The predicted octanol–water partition coefficient (Wildman–Crippen LogP) is 3.82. The van der Waals surface area contributed by atoms with Crippen LogP contribution in [0.15, 0.2) is 49.1 Å². The number of benzene rings is 1. The van der Waals surface area contributed by atoms with Crippen LogP contribution in [0.3, 0.4) is 0 Å². The Morgan fingerprint density at radius 3 is 1.97 bits per heavy atom. The standard InChI is InChI=1S/C42H58N8O9/c1-2-10-52-12-14-54-16-18-56-20-22-58-24-25-59-23-21-57-19-17-55-15-13-53-11-7-37(51)49-9-6-33-26-32(3-4-35(33)30-49)29-50-42-38(40(43)46-31-47-42)39(48-50)36-27-34-5-8-44-41(34)45-28-36/h3-5,8,26-28,31H,2,6-7,9-25,29-30H2,1H3,(H,44,45)(H2,43,46,47). The van der Waals surface area contributed by atoms with E-state index in [0.717, 1.165) is 47.2 Å². The molecule has 0 saturated carbocycles. The molecular weight excluding hydrogens is 761 g/mol. The first-order chi connectivity index (χ1) is 29.1. The molecule has 0 saturated heterocycles. The van der Waals surface area contributed by atoms with Gasteiger partial charge in [0.05, 0.1) is 117 Å². The minimum absolute atomic E-state index is 0.0816. The molecule has 3 N–H and O–H groups in total. The highest BCUT2D eigenvalue weighted by molar-refractivity contribution is 5.99. The number of nitrogens with one attached hydrogen (secondary N) is 1. The number of hydrogen-bond donors (Lipinski definition) is 2. The molecule has 1 aliphatic heterocycles. The van der Waals surface area contributed by atoms with Crippen LogP contribution in [-0.2, 0) is 62.2 Å². The summed E-state index contributed by atoms with van der Waals surface area (Å²) in [5.41, 5.74) is 12.8. The highest BCUT2D eigenvalue weighted by Crippen LogP contribution is 2.32. The van der Waals surface area contributed by atoms with Gasteiger partial charge in [-0.1, -0.05) is 25.1 Å². The zero-order valence-electron chi connectivity index (χ0n) is 34.1. The van der Waals surface area contributed by atoms with Gasteiger partial charge in [-0.15, -0.1) is 0 Å². The van der Waals surface area contributed by atoms with E-state index in [2.05, 4.69) is 45.1 Å². The van der Waals surface area contributed by atoms with Gasteiger partial charge in [-0.2, -0.15) is 5.10 Å². The molecule has 0 unspecified atom stereocenters. The molecule has 1 aliphatic rings. The maximum absolute atomic E-state index is 13.0. The number of nitrogens with zero attached hydrogens (tertiary/aromatic N) is 6. The lowest BCUT2D eigenvalue weighted by molar-refractivity contribution is -0.133. The van der Waals surface area contributed by atoms with Crippen LogP contribution in [0, 0.1) is 0 Å². The van der Waals surface area contributed by atoms with Gasteiger partial charge in [-0.25, -0.2) is 19.6 Å². The lowest BCUT2D eigenvalue weighted by atomic mass is 9.97. The van der Waals surface area contributed by atoms with Crippen molar-refractivity contribution in [3.8, 4) is 11.3 Å². The van der Waals surface area contributed by atoms with E-state index >= 15 is 0 Å². The molecule has 5 aromatic rings. The van der Waals surface area contributed by atoms with Gasteiger partial charge in [-0.05, 0) is 41.7 Å². The number of rotatable bonds is 29. The summed E-state index contributed by atoms with van der Waals surface area (Å²) in [7, 11) is 0. The van der Waals surface area contributed by atoms with Crippen molar-refractivity contribution in [2.75, 3.05) is 118 Å². The van der Waals surface area contributed by atoms with Gasteiger partial charge in [-0.3, -0.25) is 4.79 Å². The Morgan fingerprint density at radius 2 is 1.34 bits per heavy atom. The van der Waals surface area contributed by atoms with Crippen LogP contribution < -0.4 is 5.73 Å². The van der Waals surface area contributed by atoms with E-state index in [1.165, 1.54) is 11.9 Å². The molecule has 0 spiro atoms. The fourth-order valence-corrected chi connectivity index (χ4v) is 6.61. The van der Waals surface area contributed by atoms with Crippen molar-refractivity contribution in [2.24, 2.45) is 0 Å². The summed E-state index contributed by atoms with van der Waals surface area (Å²) >= 11 is 0. The summed E-state index contributed by atoms with van der Waals surface area (Å²) < 4.78 is 45.9. The van der Waals surface area contributed by atoms with E-state index < -0.39 is 0 Å². The number of ether oxygens (including phenoxy) is 8. The second-order valence-corrected chi connectivity index (χ2v) is 13.9. The van der Waals surface area contributed by atoms with E-state index in [0.29, 0.717) is 148 Å². The number of pyridine rings is 1. The van der Waals surface area contributed by atoms with E-state index in [9.17, 15) is 4.79 Å². The van der Waals surface area contributed by atoms with Crippen molar-refractivity contribution >= 4 is 33.8 Å². The second kappa shape index (κ2) is 24.5. The Balaban J connectivity index is 0.781. The molecule has 0 bridgehead atoms. The zero-order chi connectivity index (χ0) is 40.9. The number of aromatic nitrogens is 6. The minimum Gasteiger partial charge on any atom is -0.383 e. The van der Waals surface area contributed by atoms with Crippen LogP contribution in [0.2, 0.25) is 0 Å². The predicted molar refractivity (Wildman–Crippen MR) is 221 cm³/mol. The smallest absolute Gasteiger partial charge is 0.225 e. The first kappa shape index (κ1) is 44.0. The molecule has 1 aromatic carbocycles. The Kier molecular flexibility index (Phi) is 18.2. The number of carbonyl (C=O) groups is 1. The van der Waals surface area contributed by atoms with Gasteiger partial charge in [0.2, 0.25) is 5.91 Å². The van der Waals surface area contributed by atoms with Gasteiger partial charge in [0.15, 0.2) is 5.65 Å². The topological polar surface area (TPSA) is 192 Å². The third-order valence-electron chi connectivity index (χ3n) is 9.61. The Labute approximate surface area is 344 Å². The number of amides is 1. The van der Waals surface area contributed by atoms with Crippen molar-refractivity contribution in [2.45, 2.75) is 39.3 Å². The number of fused-ring (bicyclic) bond motifs is 3. The molecule has 59 heavy (non-hydrogen) atoms. The van der Waals surface area contributed by atoms with Crippen LogP contribution in [0.1, 0.15) is 36.5 Å². The summed E-state index contributed by atoms with van der Waals surface area (Å²) in [6.45, 7) is 12.0. The lowest BCUT2D eigenvalue weighted by Crippen LogP contribution is -2.36. The van der Waals surface area contributed by atoms with Crippen molar-refractivity contribution in [3.05, 3.63) is 65.7 Å². The molecule has 0 radical (unpaired) electrons. The highest BCUT2D eigenvalue weighted by Gasteiger charge is 2.22. The van der Waals surface area contributed by atoms with Crippen LogP contribution in [-0.4, -0.2) is 153 Å². The number of aromatic amines is 1. The third kappa shape index (κ3) is 13.7. The quantitative estimate of drug-likeness (QED) is 0.0662. The number of H-pyrrole nitrogens is 1. The molecular formula is C42H58N8O9. The van der Waals surface area contributed by atoms with Gasteiger partial charge in [0.1, 0.15) is 23.5 Å². The number of nitrogens with two attached hydrogens (primary N) is 1. The first-order valence-corrected chi connectivity index (χ1v) is 20.5. The van der Waals surface area contributed by atoms with Crippen LogP contribution in [0.4, 0.5) is 5.82 Å². The van der Waals surface area contributed by atoms with Crippen molar-refractivity contribution in [3.63, 3.8) is 0 Å². The third-order valence-corrected chi connectivity index (χ3v) is 9.61. The molecule has 4 aromatic heterocycles. The van der Waals surface area contributed by atoms with Gasteiger partial charge < -0.3 is 53.5 Å². The van der Waals surface area contributed by atoms with Crippen molar-refractivity contribution < 1.29 is 42.7 Å². The number of nitrogen functional groups attached to an aromatic ring is 1. The fraction of sp³-hybridized carbons (Fsp3) is 0.548. The van der Waals surface area contributed by atoms with Crippen LogP contribution >= 0.6 is 0 Å². The molecule has 0 atom stereocenters. The van der Waals surface area contributed by atoms with Crippen molar-refractivity contribution in [1.82, 2.24) is 34.6 Å². The summed E-state index contributed by atoms with van der Waals surface area (Å²) in [4.78, 5) is 31.3. The average molecular weight is 819 g/mol. The molecule has 320 valence electrons. The molecule has 17 heteroatoms. The molecule has 17 nitrogen and oxygen atoms in total. The fourth-order valence-electron chi connectivity index (χ4n) is 6.61. The Bertz CT molecular complexity index is 2010. The zero-order valence-corrected chi connectivity index (χ0v) is 34.1. The maximum Gasteiger partial charge on any atom is 0.225 e. The average Bonchev–Trinajstić information content (AvgIpc) is 3.88. The molecule has 6 rings (SSSR count). The van der Waals surface area contributed by atoms with E-state index in [1.54, 1.807) is 6.20 Å². The molecule has 5 heterocycles. The summed E-state index contributed by atoms with van der Waals surface area (Å²) in [5.74, 6) is 0.455. The molecule has 1 amide bonds. The summed E-state index contributed by atoms with van der Waals surface area (Å²) in [5, 5.41) is 6.63. The SMILES string of the molecule is CCCOCCOCCOCCOCCOCCOCCOCCOCCC(=O)N1CCc2cc(Cn3nc(-c4cnc5[nH]ccc5c4)c4c(N)ncnc43)ccc2C1. The highest BCUT2D eigenvalue weighted by atomic mass is 16.6. The number of carbonyl (C=O) groups excluding carboxylic acids is 1.